The highest BCUT2D eigenvalue weighted by molar-refractivity contribution is 9.10. The standard InChI is InChI=1S/C10H11BrClNO4S/c1-5-2-6(5)4-13-10(14)7-3-8(9(11)17-7)18(12,15)16/h3,5-6H,2,4H2,1H3,(H,13,14). The fourth-order valence-corrected chi connectivity index (χ4v) is 3.66. The second-order valence-corrected chi connectivity index (χ2v) is 7.62. The predicted octanol–water partition coefficient (Wildman–Crippen LogP) is 2.36. The van der Waals surface area contributed by atoms with E-state index in [9.17, 15) is 13.2 Å². The van der Waals surface area contributed by atoms with Crippen molar-refractivity contribution in [3.63, 3.8) is 0 Å². The normalized spacial score (nSPS) is 22.8. The first-order valence-electron chi connectivity index (χ1n) is 5.31. The highest BCUT2D eigenvalue weighted by atomic mass is 79.9. The van der Waals surface area contributed by atoms with E-state index in [1.54, 1.807) is 0 Å². The molecular weight excluding hydrogens is 346 g/mol. The first-order chi connectivity index (χ1) is 8.29. The molecule has 1 amide bonds. The van der Waals surface area contributed by atoms with Crippen LogP contribution in [0.2, 0.25) is 0 Å². The Morgan fingerprint density at radius 1 is 1.67 bits per heavy atom. The molecule has 0 spiro atoms. The maximum Gasteiger partial charge on any atom is 0.287 e. The van der Waals surface area contributed by atoms with Gasteiger partial charge in [0.15, 0.2) is 10.4 Å². The Labute approximate surface area is 117 Å². The SMILES string of the molecule is CC1CC1CNC(=O)c1cc(S(=O)(=O)Cl)c(Br)o1. The zero-order chi connectivity index (χ0) is 13.5. The van der Waals surface area contributed by atoms with Crippen LogP contribution in [0.3, 0.4) is 0 Å². The summed E-state index contributed by atoms with van der Waals surface area (Å²) in [6, 6.07) is 1.11. The summed E-state index contributed by atoms with van der Waals surface area (Å²) in [5.74, 6) is 0.617. The van der Waals surface area contributed by atoms with E-state index in [1.165, 1.54) is 0 Å². The molecule has 5 nitrogen and oxygen atoms in total. The maximum absolute atomic E-state index is 11.7. The molecule has 1 fully saturated rings. The molecule has 0 aromatic carbocycles. The summed E-state index contributed by atoms with van der Waals surface area (Å²) in [5, 5.41) is 2.69. The van der Waals surface area contributed by atoms with Gasteiger partial charge in [-0.3, -0.25) is 4.79 Å². The Hall–Kier alpha value is -0.530. The summed E-state index contributed by atoms with van der Waals surface area (Å²) in [4.78, 5) is 11.5. The van der Waals surface area contributed by atoms with Crippen molar-refractivity contribution in [3.8, 4) is 0 Å². The molecule has 1 aliphatic carbocycles. The Kier molecular flexibility index (Phi) is 3.75. The molecule has 1 heterocycles. The van der Waals surface area contributed by atoms with Crippen LogP contribution in [-0.2, 0) is 9.05 Å². The first-order valence-corrected chi connectivity index (χ1v) is 8.41. The molecule has 1 aromatic rings. The maximum atomic E-state index is 11.7. The number of hydrogen-bond acceptors (Lipinski definition) is 4. The van der Waals surface area contributed by atoms with Crippen LogP contribution < -0.4 is 5.32 Å². The van der Waals surface area contributed by atoms with Crippen molar-refractivity contribution in [2.45, 2.75) is 18.2 Å². The minimum absolute atomic E-state index is 0.0672. The lowest BCUT2D eigenvalue weighted by Crippen LogP contribution is -2.25. The van der Waals surface area contributed by atoms with Gasteiger partial charge in [-0.05, 0) is 34.2 Å². The van der Waals surface area contributed by atoms with Gasteiger partial charge in [-0.25, -0.2) is 8.42 Å². The van der Waals surface area contributed by atoms with Gasteiger partial charge in [-0.1, -0.05) is 6.92 Å². The molecule has 0 aliphatic heterocycles. The number of carbonyl (C=O) groups excluding carboxylic acids is 1. The fraction of sp³-hybridized carbons (Fsp3) is 0.500. The van der Waals surface area contributed by atoms with Crippen LogP contribution in [-0.4, -0.2) is 20.9 Å². The van der Waals surface area contributed by atoms with Gasteiger partial charge in [0, 0.05) is 23.3 Å². The van der Waals surface area contributed by atoms with Crippen LogP contribution in [0, 0.1) is 11.8 Å². The van der Waals surface area contributed by atoms with E-state index >= 15 is 0 Å². The van der Waals surface area contributed by atoms with Crippen molar-refractivity contribution >= 4 is 41.6 Å². The van der Waals surface area contributed by atoms with Gasteiger partial charge in [0.1, 0.15) is 4.90 Å². The summed E-state index contributed by atoms with van der Waals surface area (Å²) in [6.07, 6.45) is 1.10. The van der Waals surface area contributed by atoms with Crippen LogP contribution in [0.1, 0.15) is 23.9 Å². The van der Waals surface area contributed by atoms with E-state index in [2.05, 4.69) is 28.2 Å². The number of rotatable bonds is 4. The predicted molar refractivity (Wildman–Crippen MR) is 69.1 cm³/mol. The van der Waals surface area contributed by atoms with Gasteiger partial charge in [-0.2, -0.15) is 0 Å². The van der Waals surface area contributed by atoms with E-state index in [0.717, 1.165) is 12.5 Å². The molecule has 1 N–H and O–H groups in total. The fourth-order valence-electron chi connectivity index (χ4n) is 1.62. The highest BCUT2D eigenvalue weighted by Crippen LogP contribution is 2.36. The number of carbonyl (C=O) groups is 1. The Bertz CT molecular complexity index is 583. The molecular formula is C10H11BrClNO4S. The van der Waals surface area contributed by atoms with Gasteiger partial charge in [-0.15, -0.1) is 0 Å². The minimum atomic E-state index is -3.92. The Balaban J connectivity index is 2.07. The summed E-state index contributed by atoms with van der Waals surface area (Å²) in [7, 11) is 1.27. The molecule has 100 valence electrons. The van der Waals surface area contributed by atoms with Gasteiger partial charge < -0.3 is 9.73 Å². The second-order valence-electron chi connectivity index (χ2n) is 4.37. The molecule has 1 aromatic heterocycles. The summed E-state index contributed by atoms with van der Waals surface area (Å²) in [5.41, 5.74) is 0. The van der Waals surface area contributed by atoms with Gasteiger partial charge in [0.2, 0.25) is 0 Å². The zero-order valence-electron chi connectivity index (χ0n) is 9.44. The average Bonchev–Trinajstić information content (AvgIpc) is 2.78. The largest absolute Gasteiger partial charge is 0.443 e. The zero-order valence-corrected chi connectivity index (χ0v) is 12.6. The molecule has 2 rings (SSSR count). The molecule has 0 radical (unpaired) electrons. The molecule has 0 saturated heterocycles. The monoisotopic (exact) mass is 355 g/mol. The molecule has 8 heteroatoms. The minimum Gasteiger partial charge on any atom is -0.443 e. The molecule has 0 bridgehead atoms. The quantitative estimate of drug-likeness (QED) is 0.840. The molecule has 2 unspecified atom stereocenters. The summed E-state index contributed by atoms with van der Waals surface area (Å²) in [6.45, 7) is 2.68. The topological polar surface area (TPSA) is 76.4 Å². The second kappa shape index (κ2) is 4.86. The van der Waals surface area contributed by atoms with Crippen LogP contribution in [0.15, 0.2) is 20.0 Å². The van der Waals surface area contributed by atoms with Gasteiger partial charge >= 0.3 is 0 Å². The van der Waals surface area contributed by atoms with Gasteiger partial charge in [0.25, 0.3) is 15.0 Å². The number of nitrogens with one attached hydrogen (secondary N) is 1. The first kappa shape index (κ1) is 13.9. The Morgan fingerprint density at radius 3 is 2.72 bits per heavy atom. The average molecular weight is 357 g/mol. The van der Waals surface area contributed by atoms with E-state index in [0.29, 0.717) is 18.4 Å². The van der Waals surface area contributed by atoms with Crippen molar-refractivity contribution in [2.24, 2.45) is 11.8 Å². The van der Waals surface area contributed by atoms with E-state index in [4.69, 9.17) is 15.1 Å². The molecule has 18 heavy (non-hydrogen) atoms. The van der Waals surface area contributed by atoms with Crippen molar-refractivity contribution in [1.82, 2.24) is 5.32 Å². The third-order valence-electron chi connectivity index (χ3n) is 2.94. The highest BCUT2D eigenvalue weighted by Gasteiger charge is 2.33. The van der Waals surface area contributed by atoms with Crippen molar-refractivity contribution < 1.29 is 17.6 Å². The van der Waals surface area contributed by atoms with Crippen molar-refractivity contribution in [1.29, 1.82) is 0 Å². The molecule has 1 saturated carbocycles. The molecule has 2 atom stereocenters. The lowest BCUT2D eigenvalue weighted by Gasteiger charge is -2.00. The van der Waals surface area contributed by atoms with Crippen LogP contribution in [0.4, 0.5) is 0 Å². The summed E-state index contributed by atoms with van der Waals surface area (Å²) < 4.78 is 27.3. The van der Waals surface area contributed by atoms with Crippen molar-refractivity contribution in [2.75, 3.05) is 6.54 Å². The lowest BCUT2D eigenvalue weighted by atomic mass is 10.3. The van der Waals surface area contributed by atoms with E-state index in [-0.39, 0.29) is 15.3 Å². The smallest absolute Gasteiger partial charge is 0.287 e. The van der Waals surface area contributed by atoms with Crippen LogP contribution in [0.5, 0.6) is 0 Å². The number of furan rings is 1. The Morgan fingerprint density at radius 2 is 2.28 bits per heavy atom. The van der Waals surface area contributed by atoms with E-state index < -0.39 is 15.0 Å². The van der Waals surface area contributed by atoms with Gasteiger partial charge in [0.05, 0.1) is 0 Å². The van der Waals surface area contributed by atoms with Crippen molar-refractivity contribution in [3.05, 3.63) is 16.5 Å². The van der Waals surface area contributed by atoms with Crippen LogP contribution in [0.25, 0.3) is 0 Å². The lowest BCUT2D eigenvalue weighted by molar-refractivity contribution is 0.0922. The molecule has 1 aliphatic rings. The summed E-state index contributed by atoms with van der Waals surface area (Å²) >= 11 is 2.91. The third kappa shape index (κ3) is 3.07. The van der Waals surface area contributed by atoms with E-state index in [1.807, 2.05) is 0 Å². The number of amides is 1. The number of hydrogen-bond donors (Lipinski definition) is 1. The third-order valence-corrected chi connectivity index (χ3v) is 5.12. The van der Waals surface area contributed by atoms with Crippen LogP contribution >= 0.6 is 26.6 Å². The number of halogens is 2.